The minimum atomic E-state index is -0.491. The number of hydrogen-bond donors (Lipinski definition) is 1. The van der Waals surface area contributed by atoms with Crippen LogP contribution in [0.4, 0.5) is 10.8 Å². The Hall–Kier alpha value is -3.71. The highest BCUT2D eigenvalue weighted by atomic mass is 32.1. The Morgan fingerprint density at radius 2 is 1.76 bits per heavy atom. The molecule has 7 heteroatoms. The number of aromatic nitrogens is 1. The van der Waals surface area contributed by atoms with Crippen molar-refractivity contribution in [1.82, 2.24) is 4.98 Å². The molecular formula is C26H25N3O3S. The lowest BCUT2D eigenvalue weighted by molar-refractivity contribution is -0.147. The minimum absolute atomic E-state index is 0.00570. The lowest BCUT2D eigenvalue weighted by atomic mass is 10.1. The number of carbonyl (C=O) groups is 2. The zero-order valence-electron chi connectivity index (χ0n) is 18.6. The van der Waals surface area contributed by atoms with Crippen LogP contribution in [0.1, 0.15) is 17.4 Å². The molecule has 0 aliphatic heterocycles. The molecule has 3 aromatic carbocycles. The lowest BCUT2D eigenvalue weighted by Gasteiger charge is -2.22. The fraction of sp³-hybridized carbons (Fsp3) is 0.192. The molecule has 168 valence electrons. The normalized spacial score (nSPS) is 10.8. The average molecular weight is 460 g/mol. The molecule has 4 rings (SSSR count). The standard InChI is InChI=1S/C26H25N3O3S/c1-3-29(21-10-6-8-18-7-4-5-9-20(18)21)23(30)16-32-24(31)15-22-25(28-26(27)33-22)19-13-11-17(2)12-14-19/h4-14H,3,15-16H2,1-2H3,(H2,27,28). The van der Waals surface area contributed by atoms with E-state index >= 15 is 0 Å². The number of aryl methyl sites for hydroxylation is 1. The van der Waals surface area contributed by atoms with Crippen LogP contribution in [-0.4, -0.2) is 30.0 Å². The third-order valence-electron chi connectivity index (χ3n) is 5.38. The summed E-state index contributed by atoms with van der Waals surface area (Å²) in [7, 11) is 0. The van der Waals surface area contributed by atoms with E-state index in [0.717, 1.165) is 32.5 Å². The molecule has 0 aliphatic rings. The molecule has 0 atom stereocenters. The fourth-order valence-corrected chi connectivity index (χ4v) is 4.59. The van der Waals surface area contributed by atoms with Crippen LogP contribution in [0.3, 0.4) is 0 Å². The van der Waals surface area contributed by atoms with Crippen LogP contribution in [0, 0.1) is 6.92 Å². The van der Waals surface area contributed by atoms with Crippen molar-refractivity contribution >= 4 is 44.8 Å². The van der Waals surface area contributed by atoms with Crippen molar-refractivity contribution in [3.8, 4) is 11.3 Å². The van der Waals surface area contributed by atoms with Crippen LogP contribution in [0.2, 0.25) is 0 Å². The maximum absolute atomic E-state index is 12.9. The number of nitrogen functional groups attached to an aromatic ring is 1. The van der Waals surface area contributed by atoms with Crippen LogP contribution >= 0.6 is 11.3 Å². The summed E-state index contributed by atoms with van der Waals surface area (Å²) in [5, 5.41) is 2.41. The molecule has 0 bridgehead atoms. The highest BCUT2D eigenvalue weighted by Crippen LogP contribution is 2.31. The Balaban J connectivity index is 1.45. The maximum atomic E-state index is 12.9. The van der Waals surface area contributed by atoms with Crippen LogP contribution in [0.15, 0.2) is 66.7 Å². The number of ether oxygens (including phenoxy) is 1. The van der Waals surface area contributed by atoms with E-state index in [9.17, 15) is 9.59 Å². The molecule has 0 radical (unpaired) electrons. The van der Waals surface area contributed by atoms with Crippen LogP contribution in [0.25, 0.3) is 22.0 Å². The maximum Gasteiger partial charge on any atom is 0.311 e. The lowest BCUT2D eigenvalue weighted by Crippen LogP contribution is -2.34. The molecule has 0 fully saturated rings. The molecule has 4 aromatic rings. The second-order valence-corrected chi connectivity index (χ2v) is 8.78. The Kier molecular flexibility index (Phi) is 6.70. The number of carbonyl (C=O) groups excluding carboxylic acids is 2. The second kappa shape index (κ2) is 9.83. The summed E-state index contributed by atoms with van der Waals surface area (Å²) < 4.78 is 5.35. The minimum Gasteiger partial charge on any atom is -0.455 e. The fourth-order valence-electron chi connectivity index (χ4n) is 3.75. The molecule has 0 saturated heterocycles. The highest BCUT2D eigenvalue weighted by Gasteiger charge is 2.20. The van der Waals surface area contributed by atoms with E-state index in [0.29, 0.717) is 17.4 Å². The van der Waals surface area contributed by atoms with Crippen molar-refractivity contribution in [3.63, 3.8) is 0 Å². The second-order valence-electron chi connectivity index (χ2n) is 7.66. The first-order chi connectivity index (χ1) is 16.0. The summed E-state index contributed by atoms with van der Waals surface area (Å²) in [5.41, 5.74) is 9.40. The van der Waals surface area contributed by atoms with Gasteiger partial charge < -0.3 is 15.4 Å². The highest BCUT2D eigenvalue weighted by molar-refractivity contribution is 7.15. The van der Waals surface area contributed by atoms with E-state index in [4.69, 9.17) is 10.5 Å². The van der Waals surface area contributed by atoms with Gasteiger partial charge in [0.1, 0.15) is 0 Å². The molecule has 1 amide bonds. The monoisotopic (exact) mass is 459 g/mol. The van der Waals surface area contributed by atoms with Gasteiger partial charge in [-0.3, -0.25) is 9.59 Å². The predicted octanol–water partition coefficient (Wildman–Crippen LogP) is 4.99. The first-order valence-corrected chi connectivity index (χ1v) is 11.5. The number of thiazole rings is 1. The molecule has 33 heavy (non-hydrogen) atoms. The van der Waals surface area contributed by atoms with Gasteiger partial charge in [0, 0.05) is 22.4 Å². The molecule has 0 unspecified atom stereocenters. The van der Waals surface area contributed by atoms with Gasteiger partial charge in [-0.2, -0.15) is 0 Å². The van der Waals surface area contributed by atoms with Crippen molar-refractivity contribution in [2.24, 2.45) is 0 Å². The van der Waals surface area contributed by atoms with Gasteiger partial charge in [-0.25, -0.2) is 4.98 Å². The molecule has 1 aromatic heterocycles. The molecule has 0 spiro atoms. The number of rotatable bonds is 7. The zero-order valence-corrected chi connectivity index (χ0v) is 19.4. The largest absolute Gasteiger partial charge is 0.455 e. The summed E-state index contributed by atoms with van der Waals surface area (Å²) in [6, 6.07) is 21.6. The van der Waals surface area contributed by atoms with E-state index in [1.807, 2.05) is 80.6 Å². The molecule has 6 nitrogen and oxygen atoms in total. The molecule has 1 heterocycles. The van der Waals surface area contributed by atoms with E-state index in [1.165, 1.54) is 11.3 Å². The number of esters is 1. The van der Waals surface area contributed by atoms with Gasteiger partial charge in [-0.05, 0) is 25.3 Å². The van der Waals surface area contributed by atoms with Gasteiger partial charge in [0.05, 0.1) is 17.8 Å². The Morgan fingerprint density at radius 3 is 2.52 bits per heavy atom. The number of nitrogens with zero attached hydrogens (tertiary/aromatic N) is 2. The van der Waals surface area contributed by atoms with Crippen molar-refractivity contribution in [1.29, 1.82) is 0 Å². The van der Waals surface area contributed by atoms with Gasteiger partial charge in [0.25, 0.3) is 5.91 Å². The van der Waals surface area contributed by atoms with Crippen molar-refractivity contribution < 1.29 is 14.3 Å². The van der Waals surface area contributed by atoms with Crippen molar-refractivity contribution in [2.75, 3.05) is 23.8 Å². The topological polar surface area (TPSA) is 85.5 Å². The van der Waals surface area contributed by atoms with Crippen LogP contribution < -0.4 is 10.6 Å². The van der Waals surface area contributed by atoms with Crippen LogP contribution in [-0.2, 0) is 20.7 Å². The third-order valence-corrected chi connectivity index (χ3v) is 6.26. The van der Waals surface area contributed by atoms with E-state index in [-0.39, 0.29) is 18.9 Å². The van der Waals surface area contributed by atoms with E-state index in [1.54, 1.807) is 4.90 Å². The SMILES string of the molecule is CCN(C(=O)COC(=O)Cc1sc(N)nc1-c1ccc(C)cc1)c1cccc2ccccc12. The Labute approximate surface area is 196 Å². The van der Waals surface area contributed by atoms with Gasteiger partial charge in [-0.15, -0.1) is 11.3 Å². The smallest absolute Gasteiger partial charge is 0.311 e. The summed E-state index contributed by atoms with van der Waals surface area (Å²) in [6.45, 7) is 4.04. The summed E-state index contributed by atoms with van der Waals surface area (Å²) in [6.07, 6.45) is 0.00570. The zero-order chi connectivity index (χ0) is 23.4. The predicted molar refractivity (Wildman–Crippen MR) is 133 cm³/mol. The van der Waals surface area contributed by atoms with Crippen molar-refractivity contribution in [2.45, 2.75) is 20.3 Å². The Bertz CT molecular complexity index is 1290. The van der Waals surface area contributed by atoms with Gasteiger partial charge in [-0.1, -0.05) is 66.2 Å². The number of amides is 1. The van der Waals surface area contributed by atoms with Gasteiger partial charge >= 0.3 is 5.97 Å². The summed E-state index contributed by atoms with van der Waals surface area (Å²) in [5.74, 6) is -0.765. The molecular weight excluding hydrogens is 434 g/mol. The summed E-state index contributed by atoms with van der Waals surface area (Å²) in [4.78, 5) is 32.2. The quantitative estimate of drug-likeness (QED) is 0.394. The number of benzene rings is 3. The van der Waals surface area contributed by atoms with Gasteiger partial charge in [0.2, 0.25) is 0 Å². The average Bonchev–Trinajstić information content (AvgIpc) is 3.18. The number of likely N-dealkylation sites (N-methyl/N-ethyl adjacent to an activating group) is 1. The third kappa shape index (κ3) is 5.04. The van der Waals surface area contributed by atoms with Gasteiger partial charge in [0.15, 0.2) is 11.7 Å². The number of hydrogen-bond acceptors (Lipinski definition) is 6. The summed E-state index contributed by atoms with van der Waals surface area (Å²) >= 11 is 1.26. The number of nitrogens with two attached hydrogens (primary N) is 1. The van der Waals surface area contributed by atoms with E-state index in [2.05, 4.69) is 4.98 Å². The Morgan fingerprint density at radius 1 is 1.03 bits per heavy atom. The molecule has 2 N–H and O–H groups in total. The van der Waals surface area contributed by atoms with E-state index < -0.39 is 5.97 Å². The van der Waals surface area contributed by atoms with Crippen molar-refractivity contribution in [3.05, 3.63) is 77.2 Å². The first-order valence-electron chi connectivity index (χ1n) is 10.7. The number of anilines is 2. The number of fused-ring (bicyclic) bond motifs is 1. The van der Waals surface area contributed by atoms with Crippen LogP contribution in [0.5, 0.6) is 0 Å². The first kappa shape index (κ1) is 22.5. The molecule has 0 saturated carbocycles. The molecule has 0 aliphatic carbocycles.